The number of rotatable bonds is 2. The third kappa shape index (κ3) is 2.60. The molecule has 6 nitrogen and oxygen atoms in total. The molecular formula is C18H15N5OS. The van der Waals surface area contributed by atoms with E-state index >= 15 is 0 Å². The molecule has 4 aromatic rings. The van der Waals surface area contributed by atoms with E-state index in [1.807, 2.05) is 42.2 Å². The van der Waals surface area contributed by atoms with Gasteiger partial charge in [0, 0.05) is 37.0 Å². The van der Waals surface area contributed by atoms with Crippen LogP contribution in [0.1, 0.15) is 0 Å². The normalized spacial score (nSPS) is 15.1. The van der Waals surface area contributed by atoms with Crippen LogP contribution in [0, 0.1) is 0 Å². The Bertz CT molecular complexity index is 1040. The van der Waals surface area contributed by atoms with Gasteiger partial charge in [0.25, 0.3) is 0 Å². The Hall–Kier alpha value is -2.67. The fraction of sp³-hybridized carbons (Fsp3) is 0.222. The minimum Gasteiger partial charge on any atom is -0.434 e. The zero-order chi connectivity index (χ0) is 16.6. The average molecular weight is 349 g/mol. The maximum Gasteiger partial charge on any atom is 0.228 e. The predicted octanol–water partition coefficient (Wildman–Crippen LogP) is 3.39. The fourth-order valence-corrected chi connectivity index (χ4v) is 3.91. The minimum absolute atomic E-state index is 0.553. The number of benzene rings is 1. The summed E-state index contributed by atoms with van der Waals surface area (Å²) >= 11 is 1.98. The van der Waals surface area contributed by atoms with E-state index in [0.29, 0.717) is 11.5 Å². The van der Waals surface area contributed by atoms with Crippen molar-refractivity contribution in [2.24, 2.45) is 0 Å². The van der Waals surface area contributed by atoms with E-state index in [-0.39, 0.29) is 0 Å². The Morgan fingerprint density at radius 2 is 1.88 bits per heavy atom. The molecule has 5 rings (SSSR count). The molecule has 25 heavy (non-hydrogen) atoms. The van der Waals surface area contributed by atoms with Crippen LogP contribution in [-0.4, -0.2) is 44.5 Å². The van der Waals surface area contributed by atoms with Gasteiger partial charge in [-0.15, -0.1) is 0 Å². The van der Waals surface area contributed by atoms with Crippen molar-refractivity contribution in [3.8, 4) is 11.5 Å². The average Bonchev–Trinajstić information content (AvgIpc) is 3.14. The van der Waals surface area contributed by atoms with E-state index in [4.69, 9.17) is 9.40 Å². The van der Waals surface area contributed by atoms with E-state index < -0.39 is 0 Å². The van der Waals surface area contributed by atoms with Crippen molar-refractivity contribution in [2.75, 3.05) is 29.5 Å². The second kappa shape index (κ2) is 6.00. The van der Waals surface area contributed by atoms with Crippen LogP contribution in [0.4, 0.5) is 5.82 Å². The first kappa shape index (κ1) is 14.7. The summed E-state index contributed by atoms with van der Waals surface area (Å²) in [7, 11) is 0. The molecule has 4 heterocycles. The molecule has 3 aromatic heterocycles. The molecule has 0 amide bonds. The Balaban J connectivity index is 1.66. The van der Waals surface area contributed by atoms with Gasteiger partial charge >= 0.3 is 0 Å². The molecule has 1 aromatic carbocycles. The van der Waals surface area contributed by atoms with Gasteiger partial charge in [0.15, 0.2) is 5.58 Å². The van der Waals surface area contributed by atoms with Gasteiger partial charge in [-0.2, -0.15) is 11.8 Å². The zero-order valence-corrected chi connectivity index (χ0v) is 14.2. The van der Waals surface area contributed by atoms with Crippen LogP contribution >= 0.6 is 11.8 Å². The summed E-state index contributed by atoms with van der Waals surface area (Å²) in [4.78, 5) is 20.4. The smallest absolute Gasteiger partial charge is 0.228 e. The van der Waals surface area contributed by atoms with Crippen LogP contribution in [-0.2, 0) is 0 Å². The highest BCUT2D eigenvalue weighted by Crippen LogP contribution is 2.29. The molecule has 1 fully saturated rings. The summed E-state index contributed by atoms with van der Waals surface area (Å²) in [5.41, 5.74) is 3.89. The quantitative estimate of drug-likeness (QED) is 0.549. The number of hydrogen-bond donors (Lipinski definition) is 0. The van der Waals surface area contributed by atoms with E-state index in [1.165, 1.54) is 0 Å². The molecule has 0 aliphatic carbocycles. The molecule has 0 unspecified atom stereocenters. The third-order valence-corrected chi connectivity index (χ3v) is 5.24. The summed E-state index contributed by atoms with van der Waals surface area (Å²) in [6.45, 7) is 2.00. The third-order valence-electron chi connectivity index (χ3n) is 4.30. The zero-order valence-electron chi connectivity index (χ0n) is 13.4. The predicted molar refractivity (Wildman–Crippen MR) is 99.9 cm³/mol. The maximum absolute atomic E-state index is 6.03. The highest BCUT2D eigenvalue weighted by molar-refractivity contribution is 7.99. The molecule has 0 bridgehead atoms. The molecule has 1 aliphatic heterocycles. The number of fused-ring (bicyclic) bond motifs is 3. The van der Waals surface area contributed by atoms with Gasteiger partial charge < -0.3 is 9.32 Å². The van der Waals surface area contributed by atoms with Crippen molar-refractivity contribution < 1.29 is 4.42 Å². The molecule has 1 aliphatic rings. The molecule has 7 heteroatoms. The summed E-state index contributed by atoms with van der Waals surface area (Å²) in [5.74, 6) is 3.70. The first-order valence-corrected chi connectivity index (χ1v) is 9.33. The van der Waals surface area contributed by atoms with Crippen LogP contribution < -0.4 is 4.90 Å². The van der Waals surface area contributed by atoms with Crippen molar-refractivity contribution in [3.05, 3.63) is 42.9 Å². The summed E-state index contributed by atoms with van der Waals surface area (Å²) in [6, 6.07) is 7.67. The highest BCUT2D eigenvalue weighted by Gasteiger charge is 2.17. The Kier molecular flexibility index (Phi) is 3.52. The van der Waals surface area contributed by atoms with Gasteiger partial charge in [-0.05, 0) is 24.3 Å². The Labute approximate surface area is 148 Å². The number of nitrogens with zero attached hydrogens (tertiary/aromatic N) is 5. The lowest BCUT2D eigenvalue weighted by Crippen LogP contribution is -2.33. The fourth-order valence-electron chi connectivity index (χ4n) is 3.01. The number of oxazole rings is 1. The lowest BCUT2D eigenvalue weighted by Gasteiger charge is -2.27. The Morgan fingerprint density at radius 3 is 2.72 bits per heavy atom. The first-order valence-electron chi connectivity index (χ1n) is 8.18. The number of thioether (sulfide) groups is 1. The lowest BCUT2D eigenvalue weighted by molar-refractivity contribution is 0.621. The van der Waals surface area contributed by atoms with Crippen LogP contribution in [0.25, 0.3) is 33.6 Å². The van der Waals surface area contributed by atoms with Crippen LogP contribution in [0.3, 0.4) is 0 Å². The van der Waals surface area contributed by atoms with E-state index in [2.05, 4.69) is 19.9 Å². The monoisotopic (exact) mass is 349 g/mol. The van der Waals surface area contributed by atoms with Gasteiger partial charge in [0.2, 0.25) is 5.89 Å². The van der Waals surface area contributed by atoms with Gasteiger partial charge in [-0.1, -0.05) is 0 Å². The summed E-state index contributed by atoms with van der Waals surface area (Å²) < 4.78 is 6.03. The second-order valence-corrected chi connectivity index (χ2v) is 7.09. The van der Waals surface area contributed by atoms with Crippen molar-refractivity contribution in [1.82, 2.24) is 19.9 Å². The standard InChI is InChI=1S/C18H15N5OS/c1-2-12(10-19-5-1)18-21-14-4-3-13-16(17(14)24-18)22-15(11-20-13)23-6-8-25-9-7-23/h1-5,10-11H,6-9H2. The Morgan fingerprint density at radius 1 is 1.00 bits per heavy atom. The summed E-state index contributed by atoms with van der Waals surface area (Å²) in [5, 5.41) is 0. The van der Waals surface area contributed by atoms with Gasteiger partial charge in [-0.3, -0.25) is 9.97 Å². The van der Waals surface area contributed by atoms with Crippen LogP contribution in [0.5, 0.6) is 0 Å². The van der Waals surface area contributed by atoms with E-state index in [1.54, 1.807) is 12.4 Å². The molecule has 0 N–H and O–H groups in total. The molecule has 0 radical (unpaired) electrons. The second-order valence-electron chi connectivity index (χ2n) is 5.87. The maximum atomic E-state index is 6.03. The van der Waals surface area contributed by atoms with Crippen molar-refractivity contribution in [1.29, 1.82) is 0 Å². The first-order chi connectivity index (χ1) is 12.4. The number of anilines is 1. The van der Waals surface area contributed by atoms with Gasteiger partial charge in [0.1, 0.15) is 16.9 Å². The number of hydrogen-bond acceptors (Lipinski definition) is 7. The van der Waals surface area contributed by atoms with Gasteiger partial charge in [-0.25, -0.2) is 9.97 Å². The molecule has 0 saturated carbocycles. The molecular weight excluding hydrogens is 334 g/mol. The SMILES string of the molecule is c1cncc(-c2nc3ccc4ncc(N5CCSCC5)nc4c3o2)c1. The number of pyridine rings is 1. The van der Waals surface area contributed by atoms with E-state index in [0.717, 1.165) is 52.5 Å². The van der Waals surface area contributed by atoms with Crippen molar-refractivity contribution >= 4 is 39.7 Å². The number of aromatic nitrogens is 4. The molecule has 0 atom stereocenters. The van der Waals surface area contributed by atoms with Crippen molar-refractivity contribution in [3.63, 3.8) is 0 Å². The van der Waals surface area contributed by atoms with Gasteiger partial charge in [0.05, 0.1) is 17.3 Å². The molecule has 124 valence electrons. The van der Waals surface area contributed by atoms with Crippen LogP contribution in [0.2, 0.25) is 0 Å². The topological polar surface area (TPSA) is 67.9 Å². The lowest BCUT2D eigenvalue weighted by atomic mass is 10.2. The molecule has 0 spiro atoms. The van der Waals surface area contributed by atoms with Crippen LogP contribution in [0.15, 0.2) is 47.3 Å². The highest BCUT2D eigenvalue weighted by atomic mass is 32.2. The van der Waals surface area contributed by atoms with E-state index in [9.17, 15) is 0 Å². The molecule has 1 saturated heterocycles. The minimum atomic E-state index is 0.553. The largest absolute Gasteiger partial charge is 0.434 e. The van der Waals surface area contributed by atoms with Crippen molar-refractivity contribution in [2.45, 2.75) is 0 Å². The summed E-state index contributed by atoms with van der Waals surface area (Å²) in [6.07, 6.45) is 5.33.